The van der Waals surface area contributed by atoms with Crippen molar-refractivity contribution in [1.82, 2.24) is 9.62 Å². The van der Waals surface area contributed by atoms with Gasteiger partial charge in [-0.1, -0.05) is 28.7 Å². The van der Waals surface area contributed by atoms with E-state index in [0.717, 1.165) is 16.8 Å². The molecule has 0 aromatic carbocycles. The number of carboxylic acid groups (broad SMARTS) is 1. The zero-order valence-corrected chi connectivity index (χ0v) is 16.6. The van der Waals surface area contributed by atoms with E-state index >= 15 is 0 Å². The molecule has 1 saturated heterocycles. The molecule has 0 radical (unpaired) electrons. The van der Waals surface area contributed by atoms with Crippen LogP contribution in [-0.2, 0) is 30.3 Å². The first kappa shape index (κ1) is 20.0. The van der Waals surface area contributed by atoms with Gasteiger partial charge in [0.15, 0.2) is 6.61 Å². The molecule has 2 heterocycles. The fourth-order valence-electron chi connectivity index (χ4n) is 2.09. The molecule has 8 nitrogen and oxygen atoms in total. The van der Waals surface area contributed by atoms with Gasteiger partial charge in [0.2, 0.25) is 5.91 Å². The van der Waals surface area contributed by atoms with Crippen LogP contribution in [0.3, 0.4) is 0 Å². The Hall–Kier alpha value is -1.34. The van der Waals surface area contributed by atoms with Crippen molar-refractivity contribution in [2.45, 2.75) is 18.5 Å². The number of carbonyl (C=O) groups is 4. The molecular formula is C14H15IN2O6S2. The number of carbonyl (C=O) groups excluding carboxylic acids is 3. The summed E-state index contributed by atoms with van der Waals surface area (Å²) < 4.78 is 6.52. The number of halogens is 1. The highest BCUT2D eigenvalue weighted by atomic mass is 127. The fourth-order valence-corrected chi connectivity index (χ4v) is 4.92. The predicted octanol–water partition coefficient (Wildman–Crippen LogP) is 0.697. The van der Waals surface area contributed by atoms with Crippen LogP contribution in [0.4, 0.5) is 0 Å². The summed E-state index contributed by atoms with van der Waals surface area (Å²) in [5.41, 5.74) is 0. The van der Waals surface area contributed by atoms with Crippen LogP contribution in [0.15, 0.2) is 17.5 Å². The molecule has 136 valence electrons. The molecule has 0 bridgehead atoms. The lowest BCUT2D eigenvalue weighted by Crippen LogP contribution is -2.69. The number of alkyl halides is 1. The van der Waals surface area contributed by atoms with Crippen LogP contribution in [0.25, 0.3) is 0 Å². The van der Waals surface area contributed by atoms with Crippen LogP contribution in [0.1, 0.15) is 4.88 Å². The number of thiophene rings is 1. The van der Waals surface area contributed by atoms with Crippen molar-refractivity contribution >= 4 is 69.6 Å². The minimum absolute atomic E-state index is 0.165. The van der Waals surface area contributed by atoms with E-state index in [2.05, 4.69) is 32.6 Å². The molecule has 0 aliphatic carbocycles. The number of amides is 2. The number of rotatable bonds is 9. The molecule has 2 amide bonds. The molecular weight excluding hydrogens is 483 g/mol. The average Bonchev–Trinajstić information content (AvgIpc) is 3.07. The van der Waals surface area contributed by atoms with Gasteiger partial charge in [-0.15, -0.1) is 11.3 Å². The van der Waals surface area contributed by atoms with E-state index in [1.165, 1.54) is 15.6 Å². The maximum atomic E-state index is 12.2. The minimum Gasteiger partial charge on any atom is -0.479 e. The van der Waals surface area contributed by atoms with Crippen molar-refractivity contribution in [2.75, 3.05) is 16.8 Å². The Bertz CT molecular complexity index is 654. The molecule has 0 spiro atoms. The normalized spacial score (nSPS) is 19.2. The Balaban J connectivity index is 1.79. The van der Waals surface area contributed by atoms with Gasteiger partial charge in [-0.25, -0.2) is 4.79 Å². The topological polar surface area (TPSA) is 113 Å². The van der Waals surface area contributed by atoms with Crippen LogP contribution in [0, 0.1) is 0 Å². The highest BCUT2D eigenvalue weighted by Gasteiger charge is 2.48. The summed E-state index contributed by atoms with van der Waals surface area (Å²) in [7, 11) is 0. The molecule has 0 unspecified atom stereocenters. The Morgan fingerprint density at radius 2 is 2.20 bits per heavy atom. The highest BCUT2D eigenvalue weighted by molar-refractivity contribution is 14.1. The smallest absolute Gasteiger partial charge is 0.341 e. The SMILES string of the molecule is O=C(O)COC(=O)CSN1C(=O)[C@@H](NC(=O)Cc2cccs2)[C@H]1CI. The fraction of sp³-hybridized carbons (Fsp3) is 0.429. The first-order chi connectivity index (χ1) is 11.9. The summed E-state index contributed by atoms with van der Waals surface area (Å²) in [5.74, 6) is -2.62. The Kier molecular flexibility index (Phi) is 7.50. The number of ether oxygens (including phenoxy) is 1. The van der Waals surface area contributed by atoms with Gasteiger partial charge in [0.1, 0.15) is 11.8 Å². The van der Waals surface area contributed by atoms with Gasteiger partial charge < -0.3 is 15.2 Å². The first-order valence-electron chi connectivity index (χ1n) is 7.13. The Labute approximate surface area is 165 Å². The molecule has 25 heavy (non-hydrogen) atoms. The summed E-state index contributed by atoms with van der Waals surface area (Å²) in [4.78, 5) is 46.9. The van der Waals surface area contributed by atoms with Crippen molar-refractivity contribution in [3.05, 3.63) is 22.4 Å². The third kappa shape index (κ3) is 5.57. The van der Waals surface area contributed by atoms with Gasteiger partial charge in [-0.2, -0.15) is 0 Å². The highest BCUT2D eigenvalue weighted by Crippen LogP contribution is 2.30. The summed E-state index contributed by atoms with van der Waals surface area (Å²) in [6.07, 6.45) is 0.226. The number of nitrogens with one attached hydrogen (secondary N) is 1. The number of esters is 1. The van der Waals surface area contributed by atoms with Gasteiger partial charge in [0, 0.05) is 9.30 Å². The lowest BCUT2D eigenvalue weighted by Gasteiger charge is -2.45. The van der Waals surface area contributed by atoms with E-state index in [1.807, 2.05) is 17.5 Å². The molecule has 1 aromatic rings. The second kappa shape index (κ2) is 9.38. The van der Waals surface area contributed by atoms with Crippen LogP contribution in [-0.4, -0.2) is 62.0 Å². The molecule has 0 saturated carbocycles. The van der Waals surface area contributed by atoms with E-state index in [0.29, 0.717) is 4.43 Å². The molecule has 1 aromatic heterocycles. The molecule has 11 heteroatoms. The van der Waals surface area contributed by atoms with E-state index < -0.39 is 24.6 Å². The van der Waals surface area contributed by atoms with Crippen molar-refractivity contribution < 1.29 is 29.0 Å². The van der Waals surface area contributed by atoms with E-state index in [9.17, 15) is 19.2 Å². The largest absolute Gasteiger partial charge is 0.479 e. The number of hydrogen-bond donors (Lipinski definition) is 2. The summed E-state index contributed by atoms with van der Waals surface area (Å²) in [6.45, 7) is -0.704. The molecule has 2 atom stereocenters. The van der Waals surface area contributed by atoms with Crippen LogP contribution >= 0.6 is 45.9 Å². The van der Waals surface area contributed by atoms with Crippen LogP contribution in [0.2, 0.25) is 0 Å². The van der Waals surface area contributed by atoms with Gasteiger partial charge >= 0.3 is 11.9 Å². The lowest BCUT2D eigenvalue weighted by molar-refractivity contribution is -0.153. The number of hydrogen-bond acceptors (Lipinski definition) is 7. The van der Waals surface area contributed by atoms with E-state index in [4.69, 9.17) is 5.11 Å². The van der Waals surface area contributed by atoms with Gasteiger partial charge in [0.25, 0.3) is 5.91 Å². The third-order valence-electron chi connectivity index (χ3n) is 3.24. The maximum absolute atomic E-state index is 12.2. The summed E-state index contributed by atoms with van der Waals surface area (Å²) in [6, 6.07) is 2.88. The Morgan fingerprint density at radius 3 is 2.80 bits per heavy atom. The van der Waals surface area contributed by atoms with E-state index in [-0.39, 0.29) is 30.0 Å². The van der Waals surface area contributed by atoms with Crippen molar-refractivity contribution in [1.29, 1.82) is 0 Å². The summed E-state index contributed by atoms with van der Waals surface area (Å²) >= 11 is 4.54. The second-order valence-corrected chi connectivity index (χ2v) is 7.87. The quantitative estimate of drug-likeness (QED) is 0.170. The molecule has 2 N–H and O–H groups in total. The zero-order valence-electron chi connectivity index (χ0n) is 12.8. The van der Waals surface area contributed by atoms with Crippen LogP contribution < -0.4 is 5.32 Å². The molecule has 1 fully saturated rings. The number of carboxylic acids is 1. The molecule has 2 rings (SSSR count). The standard InChI is InChI=1S/C14H15IN2O6S2/c15-5-9-13(16-10(18)4-8-2-1-3-24-8)14(22)17(9)25-7-12(21)23-6-11(19)20/h1-3,9,13H,4-7H2,(H,16,18)(H,19,20)/t9-,13+/m1/s1. The van der Waals surface area contributed by atoms with Crippen molar-refractivity contribution in [3.63, 3.8) is 0 Å². The van der Waals surface area contributed by atoms with Gasteiger partial charge in [-0.3, -0.25) is 18.7 Å². The van der Waals surface area contributed by atoms with E-state index in [1.54, 1.807) is 0 Å². The molecule has 1 aliphatic heterocycles. The maximum Gasteiger partial charge on any atom is 0.341 e. The average molecular weight is 498 g/mol. The first-order valence-corrected chi connectivity index (χ1v) is 10.5. The monoisotopic (exact) mass is 498 g/mol. The second-order valence-electron chi connectivity index (χ2n) is 5.01. The van der Waals surface area contributed by atoms with Gasteiger partial charge in [0.05, 0.1) is 12.5 Å². The van der Waals surface area contributed by atoms with Crippen LogP contribution in [0.5, 0.6) is 0 Å². The third-order valence-corrected chi connectivity index (χ3v) is 6.11. The molecule has 1 aliphatic rings. The summed E-state index contributed by atoms with van der Waals surface area (Å²) in [5, 5.41) is 13.0. The zero-order chi connectivity index (χ0) is 18.4. The minimum atomic E-state index is -1.24. The number of β-lactam (4-membered cyclic amide) rings is 1. The number of nitrogens with zero attached hydrogens (tertiary/aromatic N) is 1. The van der Waals surface area contributed by atoms with Gasteiger partial charge in [-0.05, 0) is 23.4 Å². The number of aliphatic carboxylic acids is 1. The Morgan fingerprint density at radius 1 is 1.44 bits per heavy atom. The lowest BCUT2D eigenvalue weighted by atomic mass is 10.0. The van der Waals surface area contributed by atoms with Crippen molar-refractivity contribution in [2.24, 2.45) is 0 Å². The van der Waals surface area contributed by atoms with Crippen molar-refractivity contribution in [3.8, 4) is 0 Å². The predicted molar refractivity (Wildman–Crippen MR) is 101 cm³/mol.